The smallest absolute Gasteiger partial charge is 0.306 e. The van der Waals surface area contributed by atoms with E-state index >= 15 is 0 Å². The molecule has 1 heterocycles. The lowest BCUT2D eigenvalue weighted by molar-refractivity contribution is 0.417. The molecule has 0 aliphatic carbocycles. The van der Waals surface area contributed by atoms with Crippen LogP contribution in [-0.4, -0.2) is 40.0 Å². The molecule has 2 aromatic rings. The molecule has 2 rings (SSSR count). The minimum Gasteiger partial charge on any atom is -0.453 e. The number of hydrazone groups is 1. The van der Waals surface area contributed by atoms with Crippen LogP contribution in [0.25, 0.3) is 0 Å². The summed E-state index contributed by atoms with van der Waals surface area (Å²) in [5, 5.41) is 3.72. The molecule has 0 saturated heterocycles. The first-order valence-corrected chi connectivity index (χ1v) is 11.4. The van der Waals surface area contributed by atoms with Crippen LogP contribution in [0.5, 0.6) is 17.2 Å². The maximum Gasteiger partial charge on any atom is 0.306 e. The maximum absolute atomic E-state index is 14.8. The van der Waals surface area contributed by atoms with Gasteiger partial charge in [0.15, 0.2) is 20.6 Å². The number of hydrogen-bond donors (Lipinski definition) is 1. The van der Waals surface area contributed by atoms with Crippen LogP contribution in [0.1, 0.15) is 13.8 Å². The quantitative estimate of drug-likeness (QED) is 0.403. The van der Waals surface area contributed by atoms with Crippen molar-refractivity contribution in [1.82, 2.24) is 4.98 Å². The van der Waals surface area contributed by atoms with Gasteiger partial charge in [0, 0.05) is 12.0 Å². The Morgan fingerprint density at radius 1 is 1.11 bits per heavy atom. The van der Waals surface area contributed by atoms with Gasteiger partial charge in [-0.05, 0) is 38.1 Å². The number of nitrogens with zero attached hydrogens (tertiary/aromatic N) is 2. The summed E-state index contributed by atoms with van der Waals surface area (Å²) in [4.78, 5) is 3.73. The molecule has 1 aromatic heterocycles. The first-order chi connectivity index (χ1) is 12.9. The van der Waals surface area contributed by atoms with Crippen molar-refractivity contribution in [2.24, 2.45) is 5.10 Å². The molecule has 12 heteroatoms. The standard InChI is InChI=1S/C16H18FN3O6S2/c1-10(2)19-20-12-6-7-13(15(17)16(12)26-28(4,23)24)25-11-5-8-14(18-9-11)27(3,21)22/h5-9,20H,1-4H3. The van der Waals surface area contributed by atoms with Crippen molar-refractivity contribution in [3.05, 3.63) is 36.3 Å². The number of rotatable bonds is 7. The largest absolute Gasteiger partial charge is 0.453 e. The summed E-state index contributed by atoms with van der Waals surface area (Å²) in [6.07, 6.45) is 2.87. The predicted molar refractivity (Wildman–Crippen MR) is 102 cm³/mol. The fourth-order valence-electron chi connectivity index (χ4n) is 1.88. The Labute approximate surface area is 162 Å². The molecule has 0 aliphatic heterocycles. The van der Waals surface area contributed by atoms with Crippen LogP contribution in [0.2, 0.25) is 0 Å². The molecule has 0 amide bonds. The predicted octanol–water partition coefficient (Wildman–Crippen LogP) is 2.56. The second-order valence-electron chi connectivity index (χ2n) is 5.92. The lowest BCUT2D eigenvalue weighted by Gasteiger charge is -2.14. The van der Waals surface area contributed by atoms with Crippen molar-refractivity contribution in [2.75, 3.05) is 17.9 Å². The molecule has 0 radical (unpaired) electrons. The van der Waals surface area contributed by atoms with E-state index in [9.17, 15) is 21.2 Å². The summed E-state index contributed by atoms with van der Waals surface area (Å²) in [6.45, 7) is 3.37. The number of halogens is 1. The van der Waals surface area contributed by atoms with Crippen molar-refractivity contribution in [3.8, 4) is 17.2 Å². The minimum atomic E-state index is -4.04. The molecule has 0 atom stereocenters. The van der Waals surface area contributed by atoms with Crippen molar-refractivity contribution >= 4 is 31.4 Å². The number of ether oxygens (including phenoxy) is 1. The van der Waals surface area contributed by atoms with E-state index in [-0.39, 0.29) is 22.2 Å². The van der Waals surface area contributed by atoms with Gasteiger partial charge in [-0.25, -0.2) is 13.4 Å². The number of sulfone groups is 1. The number of benzene rings is 1. The number of hydrogen-bond acceptors (Lipinski definition) is 9. The third kappa shape index (κ3) is 5.89. The highest BCUT2D eigenvalue weighted by molar-refractivity contribution is 7.90. The molecule has 0 fully saturated rings. The van der Waals surface area contributed by atoms with E-state index in [1.54, 1.807) is 13.8 Å². The van der Waals surface area contributed by atoms with E-state index in [0.29, 0.717) is 5.71 Å². The topological polar surface area (TPSA) is 124 Å². The lowest BCUT2D eigenvalue weighted by atomic mass is 10.2. The minimum absolute atomic E-state index is 0.0259. The van der Waals surface area contributed by atoms with Gasteiger partial charge in [-0.3, -0.25) is 5.43 Å². The zero-order valence-electron chi connectivity index (χ0n) is 15.4. The molecule has 1 aromatic carbocycles. The molecule has 28 heavy (non-hydrogen) atoms. The first kappa shape index (κ1) is 21.6. The zero-order valence-corrected chi connectivity index (χ0v) is 17.1. The van der Waals surface area contributed by atoms with Crippen LogP contribution in [0.4, 0.5) is 10.1 Å². The second kappa shape index (κ2) is 8.10. The Hall–Kier alpha value is -2.73. The van der Waals surface area contributed by atoms with Crippen LogP contribution in [0.3, 0.4) is 0 Å². The van der Waals surface area contributed by atoms with Gasteiger partial charge in [-0.15, -0.1) is 0 Å². The normalized spacial score (nSPS) is 11.6. The van der Waals surface area contributed by atoms with E-state index in [4.69, 9.17) is 8.92 Å². The summed E-state index contributed by atoms with van der Waals surface area (Å²) < 4.78 is 70.7. The van der Waals surface area contributed by atoms with Gasteiger partial charge in [0.05, 0.1) is 12.5 Å². The molecule has 0 saturated carbocycles. The Balaban J connectivity index is 2.42. The Kier molecular flexibility index (Phi) is 6.24. The monoisotopic (exact) mass is 431 g/mol. The number of pyridine rings is 1. The maximum atomic E-state index is 14.8. The Morgan fingerprint density at radius 2 is 1.79 bits per heavy atom. The molecule has 9 nitrogen and oxygen atoms in total. The van der Waals surface area contributed by atoms with Gasteiger partial charge in [0.1, 0.15) is 11.4 Å². The van der Waals surface area contributed by atoms with Crippen LogP contribution < -0.4 is 14.3 Å². The van der Waals surface area contributed by atoms with Crippen LogP contribution in [-0.2, 0) is 20.0 Å². The molecule has 1 N–H and O–H groups in total. The molecule has 0 spiro atoms. The van der Waals surface area contributed by atoms with E-state index in [0.717, 1.165) is 18.7 Å². The van der Waals surface area contributed by atoms with Gasteiger partial charge >= 0.3 is 10.1 Å². The summed E-state index contributed by atoms with van der Waals surface area (Å²) in [7, 11) is -7.53. The summed E-state index contributed by atoms with van der Waals surface area (Å²) in [5.74, 6) is -2.02. The molecule has 0 aliphatic rings. The molecular formula is C16H18FN3O6S2. The van der Waals surface area contributed by atoms with E-state index in [1.807, 2.05) is 0 Å². The average molecular weight is 431 g/mol. The Morgan fingerprint density at radius 3 is 2.29 bits per heavy atom. The van der Waals surface area contributed by atoms with Crippen LogP contribution in [0, 0.1) is 5.82 Å². The van der Waals surface area contributed by atoms with Gasteiger partial charge in [0.25, 0.3) is 0 Å². The van der Waals surface area contributed by atoms with Crippen LogP contribution in [0.15, 0.2) is 40.6 Å². The van der Waals surface area contributed by atoms with Gasteiger partial charge in [-0.1, -0.05) is 0 Å². The number of aromatic nitrogens is 1. The van der Waals surface area contributed by atoms with E-state index < -0.39 is 31.5 Å². The van der Waals surface area contributed by atoms with Crippen molar-refractivity contribution in [3.63, 3.8) is 0 Å². The van der Waals surface area contributed by atoms with Gasteiger partial charge < -0.3 is 8.92 Å². The highest BCUT2D eigenvalue weighted by atomic mass is 32.2. The van der Waals surface area contributed by atoms with Gasteiger partial charge in [0.2, 0.25) is 11.6 Å². The van der Waals surface area contributed by atoms with Crippen molar-refractivity contribution in [1.29, 1.82) is 0 Å². The summed E-state index contributed by atoms with van der Waals surface area (Å²) in [5.41, 5.74) is 3.10. The van der Waals surface area contributed by atoms with Crippen molar-refractivity contribution in [2.45, 2.75) is 18.9 Å². The molecule has 0 bridgehead atoms. The zero-order chi connectivity index (χ0) is 21.1. The van der Waals surface area contributed by atoms with Crippen LogP contribution >= 0.6 is 0 Å². The van der Waals surface area contributed by atoms with Gasteiger partial charge in [-0.2, -0.15) is 17.9 Å². The average Bonchev–Trinajstić information content (AvgIpc) is 2.56. The summed E-state index contributed by atoms with van der Waals surface area (Å²) >= 11 is 0. The highest BCUT2D eigenvalue weighted by Crippen LogP contribution is 2.37. The Bertz CT molecular complexity index is 1110. The fourth-order valence-corrected chi connectivity index (χ4v) is 2.91. The van der Waals surface area contributed by atoms with E-state index in [1.165, 1.54) is 24.3 Å². The lowest BCUT2D eigenvalue weighted by Crippen LogP contribution is -2.10. The third-order valence-corrected chi connectivity index (χ3v) is 4.48. The highest BCUT2D eigenvalue weighted by Gasteiger charge is 2.21. The fraction of sp³-hybridized carbons (Fsp3) is 0.250. The summed E-state index contributed by atoms with van der Waals surface area (Å²) in [6, 6.07) is 5.05. The molecular weight excluding hydrogens is 413 g/mol. The second-order valence-corrected chi connectivity index (χ2v) is 9.46. The SMILES string of the molecule is CC(C)=NNc1ccc(Oc2ccc(S(C)(=O)=O)nc2)c(F)c1OS(C)(=O)=O. The first-order valence-electron chi connectivity index (χ1n) is 7.69. The number of anilines is 1. The van der Waals surface area contributed by atoms with Crippen molar-refractivity contribution < 1.29 is 30.1 Å². The third-order valence-electron chi connectivity index (χ3n) is 3.01. The molecule has 152 valence electrons. The van der Waals surface area contributed by atoms with E-state index in [2.05, 4.69) is 15.5 Å². The molecule has 0 unspecified atom stereocenters. The number of nitrogens with one attached hydrogen (secondary N) is 1.